The van der Waals surface area contributed by atoms with E-state index in [1.165, 1.54) is 0 Å². The van der Waals surface area contributed by atoms with Gasteiger partial charge in [0.1, 0.15) is 0 Å². The summed E-state index contributed by atoms with van der Waals surface area (Å²) in [6.07, 6.45) is 1.29. The van der Waals surface area contributed by atoms with Gasteiger partial charge in [-0.25, -0.2) is 13.2 Å². The molecule has 3 unspecified atom stereocenters. The molecule has 2 N–H and O–H groups in total. The minimum absolute atomic E-state index is 0.0486. The van der Waals surface area contributed by atoms with E-state index in [0.717, 1.165) is 11.4 Å². The maximum atomic E-state index is 13.5. The summed E-state index contributed by atoms with van der Waals surface area (Å²) in [6, 6.07) is 3.27. The number of nitrogens with one attached hydrogen (secondary N) is 1. The van der Waals surface area contributed by atoms with Crippen molar-refractivity contribution in [3.8, 4) is 0 Å². The molecule has 154 valence electrons. The Morgan fingerprint density at radius 3 is 2.14 bits per heavy atom. The maximum Gasteiger partial charge on any atom is 0.348 e. The fourth-order valence-electron chi connectivity index (χ4n) is 3.86. The van der Waals surface area contributed by atoms with E-state index in [0.29, 0.717) is 19.3 Å². The molecule has 1 aliphatic carbocycles. The molecule has 9 nitrogen and oxygen atoms in total. The Labute approximate surface area is 164 Å². The van der Waals surface area contributed by atoms with Gasteiger partial charge in [-0.1, -0.05) is 6.42 Å². The van der Waals surface area contributed by atoms with Gasteiger partial charge >= 0.3 is 6.03 Å². The molecular weight excluding hydrogens is 384 g/mol. The zero-order chi connectivity index (χ0) is 20.8. The van der Waals surface area contributed by atoms with Crippen molar-refractivity contribution in [1.29, 1.82) is 0 Å². The number of nitrogens with zero attached hydrogens (tertiary/aromatic N) is 3. The Bertz CT molecular complexity index is 873. The summed E-state index contributed by atoms with van der Waals surface area (Å²) in [6.45, 7) is 0. The first kappa shape index (κ1) is 20.4. The number of urea groups is 1. The van der Waals surface area contributed by atoms with Crippen molar-refractivity contribution in [3.05, 3.63) is 18.2 Å². The van der Waals surface area contributed by atoms with Crippen LogP contribution in [0.3, 0.4) is 0 Å². The molecule has 1 saturated carbocycles. The van der Waals surface area contributed by atoms with Crippen molar-refractivity contribution in [2.24, 2.45) is 5.92 Å². The van der Waals surface area contributed by atoms with Gasteiger partial charge in [-0.2, -0.15) is 0 Å². The molecule has 1 aromatic carbocycles. The van der Waals surface area contributed by atoms with Crippen molar-refractivity contribution >= 4 is 33.2 Å². The van der Waals surface area contributed by atoms with Crippen molar-refractivity contribution in [2.75, 3.05) is 38.0 Å². The van der Waals surface area contributed by atoms with Crippen LogP contribution in [0.1, 0.15) is 19.3 Å². The van der Waals surface area contributed by atoms with E-state index in [-0.39, 0.29) is 9.96 Å². The van der Waals surface area contributed by atoms with Crippen LogP contribution in [0.2, 0.25) is 0 Å². The van der Waals surface area contributed by atoms with Crippen molar-refractivity contribution in [3.63, 3.8) is 0 Å². The van der Waals surface area contributed by atoms with Gasteiger partial charge in [0, 0.05) is 39.6 Å². The van der Waals surface area contributed by atoms with Crippen molar-refractivity contribution in [1.82, 2.24) is 10.4 Å². The largest absolute Gasteiger partial charge is 0.378 e. The zero-order valence-corrected chi connectivity index (χ0v) is 17.2. The average Bonchev–Trinajstić information content (AvgIpc) is 2.65. The van der Waals surface area contributed by atoms with Gasteiger partial charge in [0.05, 0.1) is 22.1 Å². The standard InChI is InChI=1S/C18H26N4O5S/c1-20(2)11-8-12(21(3)4)10-13(9-11)28(26,27)15-7-5-6-14-16(15)19-18(24)22(25)17(14)23/h8-10,14-16,25H,5-7H2,1-4H3,(H,19,24). The number of sulfone groups is 1. The Hall–Kier alpha value is -2.33. The molecule has 3 amide bonds. The number of hydrogen-bond acceptors (Lipinski definition) is 7. The van der Waals surface area contributed by atoms with E-state index < -0.39 is 39.0 Å². The van der Waals surface area contributed by atoms with Gasteiger partial charge in [0.25, 0.3) is 5.91 Å². The third-order valence-electron chi connectivity index (χ3n) is 5.48. The number of hydrogen-bond donors (Lipinski definition) is 2. The van der Waals surface area contributed by atoms with Crippen molar-refractivity contribution in [2.45, 2.75) is 35.4 Å². The molecule has 3 atom stereocenters. The second kappa shape index (κ2) is 7.25. The highest BCUT2D eigenvalue weighted by Crippen LogP contribution is 2.37. The van der Waals surface area contributed by atoms with Crippen LogP contribution in [0, 0.1) is 5.92 Å². The predicted octanol–water partition coefficient (Wildman–Crippen LogP) is 1.07. The number of hydroxylamine groups is 2. The van der Waals surface area contributed by atoms with Crippen LogP contribution in [0.25, 0.3) is 0 Å². The highest BCUT2D eigenvalue weighted by molar-refractivity contribution is 7.92. The summed E-state index contributed by atoms with van der Waals surface area (Å²) in [5.41, 5.74) is 1.48. The Kier molecular flexibility index (Phi) is 5.28. The molecule has 1 aromatic rings. The number of carbonyl (C=O) groups excluding carboxylic acids is 2. The molecule has 10 heteroatoms. The van der Waals surface area contributed by atoms with E-state index in [1.54, 1.807) is 12.1 Å². The summed E-state index contributed by atoms with van der Waals surface area (Å²) >= 11 is 0. The first-order chi connectivity index (χ1) is 13.0. The number of anilines is 2. The quantitative estimate of drug-likeness (QED) is 0.715. The van der Waals surface area contributed by atoms with Crippen LogP contribution in [-0.2, 0) is 14.6 Å². The number of benzene rings is 1. The number of fused-ring (bicyclic) bond motifs is 1. The molecule has 2 aliphatic rings. The molecule has 28 heavy (non-hydrogen) atoms. The first-order valence-corrected chi connectivity index (χ1v) is 10.7. The van der Waals surface area contributed by atoms with Gasteiger partial charge < -0.3 is 15.1 Å². The SMILES string of the molecule is CN(C)c1cc(N(C)C)cc(S(=O)(=O)C2CCCC3C(=O)N(O)C(=O)NC32)c1. The molecule has 0 radical (unpaired) electrons. The van der Waals surface area contributed by atoms with Crippen LogP contribution in [0.5, 0.6) is 0 Å². The van der Waals surface area contributed by atoms with Crippen molar-refractivity contribution < 1.29 is 23.2 Å². The highest BCUT2D eigenvalue weighted by atomic mass is 32.2. The fraction of sp³-hybridized carbons (Fsp3) is 0.556. The lowest BCUT2D eigenvalue weighted by atomic mass is 9.82. The second-order valence-electron chi connectivity index (χ2n) is 7.72. The third kappa shape index (κ3) is 3.42. The molecule has 2 fully saturated rings. The molecule has 0 spiro atoms. The summed E-state index contributed by atoms with van der Waals surface area (Å²) < 4.78 is 27.0. The number of carbonyl (C=O) groups is 2. The predicted molar refractivity (Wildman–Crippen MR) is 104 cm³/mol. The monoisotopic (exact) mass is 410 g/mol. The molecular formula is C18H26N4O5S. The number of rotatable bonds is 4. The third-order valence-corrected chi connectivity index (χ3v) is 7.70. The molecule has 1 heterocycles. The minimum Gasteiger partial charge on any atom is -0.378 e. The smallest absolute Gasteiger partial charge is 0.348 e. The molecule has 1 aliphatic heterocycles. The Morgan fingerprint density at radius 2 is 1.61 bits per heavy atom. The normalized spacial score (nSPS) is 25.2. The molecule has 3 rings (SSSR count). The van der Waals surface area contributed by atoms with Crippen LogP contribution >= 0.6 is 0 Å². The highest BCUT2D eigenvalue weighted by Gasteiger charge is 2.50. The molecule has 0 aromatic heterocycles. The topological polar surface area (TPSA) is 110 Å². The first-order valence-electron chi connectivity index (χ1n) is 9.11. The maximum absolute atomic E-state index is 13.5. The summed E-state index contributed by atoms with van der Waals surface area (Å²) in [4.78, 5) is 28.0. The van der Waals surface area contributed by atoms with E-state index in [2.05, 4.69) is 5.32 Å². The lowest BCUT2D eigenvalue weighted by Gasteiger charge is -2.41. The summed E-state index contributed by atoms with van der Waals surface area (Å²) in [7, 11) is 3.49. The molecule has 0 bridgehead atoms. The summed E-state index contributed by atoms with van der Waals surface area (Å²) in [5, 5.41) is 11.2. The van der Waals surface area contributed by atoms with Crippen LogP contribution in [0.15, 0.2) is 23.1 Å². The van der Waals surface area contributed by atoms with E-state index in [9.17, 15) is 23.2 Å². The lowest BCUT2D eigenvalue weighted by Crippen LogP contribution is -2.64. The number of amides is 3. The van der Waals surface area contributed by atoms with Gasteiger partial charge in [-0.3, -0.25) is 10.0 Å². The second-order valence-corrected chi connectivity index (χ2v) is 9.89. The van der Waals surface area contributed by atoms with Gasteiger partial charge in [-0.15, -0.1) is 5.06 Å². The van der Waals surface area contributed by atoms with Gasteiger partial charge in [-0.05, 0) is 31.0 Å². The Morgan fingerprint density at radius 1 is 1.04 bits per heavy atom. The van der Waals surface area contributed by atoms with E-state index in [1.807, 2.05) is 44.1 Å². The molecule has 1 saturated heterocycles. The van der Waals surface area contributed by atoms with E-state index >= 15 is 0 Å². The average molecular weight is 410 g/mol. The van der Waals surface area contributed by atoms with Crippen LogP contribution in [0.4, 0.5) is 16.2 Å². The van der Waals surface area contributed by atoms with Gasteiger partial charge in [0.15, 0.2) is 9.84 Å². The summed E-state index contributed by atoms with van der Waals surface area (Å²) in [5.74, 6) is -1.49. The Balaban J connectivity index is 2.05. The minimum atomic E-state index is -3.83. The van der Waals surface area contributed by atoms with Crippen LogP contribution < -0.4 is 15.1 Å². The lowest BCUT2D eigenvalue weighted by molar-refractivity contribution is -0.163. The fourth-order valence-corrected chi connectivity index (χ4v) is 5.90. The zero-order valence-electron chi connectivity index (χ0n) is 16.4. The van der Waals surface area contributed by atoms with Gasteiger partial charge in [0.2, 0.25) is 0 Å². The number of imide groups is 1. The van der Waals surface area contributed by atoms with E-state index in [4.69, 9.17) is 0 Å². The van der Waals surface area contributed by atoms with Crippen LogP contribution in [-0.4, -0.2) is 70.1 Å².